The molecule has 1 unspecified atom stereocenters. The standard InChI is InChI=1S/C15H19NO3S/c1-11(18)20-10-12-7-15(19)16(8-12)14(9-17)13-5-3-2-4-6-13/h2-6,12,14,17H,7-10H2,1H3/t12?,14-/m0/s1. The van der Waals surface area contributed by atoms with Gasteiger partial charge in [0.25, 0.3) is 0 Å². The predicted octanol–water partition coefficient (Wildman–Crippen LogP) is 1.85. The van der Waals surface area contributed by atoms with Crippen LogP contribution in [0.1, 0.15) is 24.9 Å². The van der Waals surface area contributed by atoms with Crippen molar-refractivity contribution >= 4 is 22.8 Å². The van der Waals surface area contributed by atoms with Crippen LogP contribution in [0.15, 0.2) is 30.3 Å². The second-order valence-corrected chi connectivity index (χ2v) is 6.22. The summed E-state index contributed by atoms with van der Waals surface area (Å²) in [5, 5.41) is 9.69. The van der Waals surface area contributed by atoms with Gasteiger partial charge in [-0.25, -0.2) is 0 Å². The third kappa shape index (κ3) is 3.61. The van der Waals surface area contributed by atoms with Crippen LogP contribution in [-0.2, 0) is 9.59 Å². The molecular weight excluding hydrogens is 274 g/mol. The maximum atomic E-state index is 12.1. The van der Waals surface area contributed by atoms with Crippen molar-refractivity contribution in [2.45, 2.75) is 19.4 Å². The van der Waals surface area contributed by atoms with Crippen LogP contribution < -0.4 is 0 Å². The highest BCUT2D eigenvalue weighted by Gasteiger charge is 2.34. The normalized spacial score (nSPS) is 20.2. The monoisotopic (exact) mass is 293 g/mol. The van der Waals surface area contributed by atoms with Gasteiger partial charge in [0.05, 0.1) is 12.6 Å². The summed E-state index contributed by atoms with van der Waals surface area (Å²) in [7, 11) is 0. The van der Waals surface area contributed by atoms with Crippen molar-refractivity contribution in [2.24, 2.45) is 5.92 Å². The molecule has 1 aliphatic rings. The lowest BCUT2D eigenvalue weighted by molar-refractivity contribution is -0.130. The van der Waals surface area contributed by atoms with Gasteiger partial charge in [0.1, 0.15) is 0 Å². The minimum absolute atomic E-state index is 0.0575. The summed E-state index contributed by atoms with van der Waals surface area (Å²) in [6.45, 7) is 2.07. The Hall–Kier alpha value is -1.33. The van der Waals surface area contributed by atoms with E-state index in [1.807, 2.05) is 30.3 Å². The molecule has 5 heteroatoms. The van der Waals surface area contributed by atoms with Crippen LogP contribution in [0.4, 0.5) is 0 Å². The van der Waals surface area contributed by atoms with Gasteiger partial charge < -0.3 is 10.0 Å². The maximum Gasteiger partial charge on any atom is 0.223 e. The molecule has 0 aromatic heterocycles. The molecule has 1 fully saturated rings. The minimum Gasteiger partial charge on any atom is -0.394 e. The lowest BCUT2D eigenvalue weighted by atomic mass is 10.1. The van der Waals surface area contributed by atoms with E-state index in [-0.39, 0.29) is 29.6 Å². The topological polar surface area (TPSA) is 57.6 Å². The third-order valence-corrected chi connectivity index (χ3v) is 4.54. The fraction of sp³-hybridized carbons (Fsp3) is 0.467. The third-order valence-electron chi connectivity index (χ3n) is 3.49. The molecule has 4 nitrogen and oxygen atoms in total. The Kier molecular flexibility index (Phi) is 5.20. The smallest absolute Gasteiger partial charge is 0.223 e. The summed E-state index contributed by atoms with van der Waals surface area (Å²) in [4.78, 5) is 24.9. The first-order valence-electron chi connectivity index (χ1n) is 6.70. The lowest BCUT2D eigenvalue weighted by Crippen LogP contribution is -2.32. The average Bonchev–Trinajstić information content (AvgIpc) is 2.80. The van der Waals surface area contributed by atoms with E-state index < -0.39 is 0 Å². The summed E-state index contributed by atoms with van der Waals surface area (Å²) < 4.78 is 0. The molecule has 1 amide bonds. The molecule has 1 heterocycles. The van der Waals surface area contributed by atoms with Crippen LogP contribution in [0.2, 0.25) is 0 Å². The Morgan fingerprint density at radius 1 is 1.45 bits per heavy atom. The van der Waals surface area contributed by atoms with Gasteiger partial charge in [-0.15, -0.1) is 0 Å². The molecule has 1 aliphatic heterocycles. The molecule has 2 atom stereocenters. The number of carbonyl (C=O) groups is 2. The van der Waals surface area contributed by atoms with E-state index in [1.165, 1.54) is 11.8 Å². The van der Waals surface area contributed by atoms with Crippen molar-refractivity contribution in [3.63, 3.8) is 0 Å². The fourth-order valence-electron chi connectivity index (χ4n) is 2.52. The molecule has 0 spiro atoms. The van der Waals surface area contributed by atoms with E-state index in [0.717, 1.165) is 5.56 Å². The van der Waals surface area contributed by atoms with E-state index in [4.69, 9.17) is 0 Å². The van der Waals surface area contributed by atoms with Gasteiger partial charge in [-0.2, -0.15) is 0 Å². The Bertz CT molecular complexity index is 477. The van der Waals surface area contributed by atoms with E-state index in [2.05, 4.69) is 0 Å². The zero-order valence-corrected chi connectivity index (χ0v) is 12.3. The predicted molar refractivity (Wildman–Crippen MR) is 79.2 cm³/mol. The van der Waals surface area contributed by atoms with Crippen LogP contribution in [0.25, 0.3) is 0 Å². The first kappa shape index (κ1) is 15.1. The van der Waals surface area contributed by atoms with Gasteiger partial charge in [0, 0.05) is 25.6 Å². The Labute approximate surface area is 123 Å². The summed E-state index contributed by atoms with van der Waals surface area (Å²) >= 11 is 1.27. The fourth-order valence-corrected chi connectivity index (χ4v) is 3.21. The molecule has 0 radical (unpaired) electrons. The molecule has 1 saturated heterocycles. The van der Waals surface area contributed by atoms with E-state index in [0.29, 0.717) is 18.7 Å². The molecule has 0 aliphatic carbocycles. The zero-order valence-electron chi connectivity index (χ0n) is 11.5. The number of nitrogens with zero attached hydrogens (tertiary/aromatic N) is 1. The molecule has 0 bridgehead atoms. The summed E-state index contributed by atoms with van der Waals surface area (Å²) in [5.74, 6) is 0.918. The van der Waals surface area contributed by atoms with Gasteiger partial charge in [-0.1, -0.05) is 42.1 Å². The molecule has 0 saturated carbocycles. The number of aliphatic hydroxyl groups excluding tert-OH is 1. The van der Waals surface area contributed by atoms with Gasteiger partial charge in [-0.3, -0.25) is 9.59 Å². The van der Waals surface area contributed by atoms with E-state index in [9.17, 15) is 14.7 Å². The Balaban J connectivity index is 2.04. The lowest BCUT2D eigenvalue weighted by Gasteiger charge is -2.27. The zero-order chi connectivity index (χ0) is 14.5. The minimum atomic E-state index is -0.281. The number of hydrogen-bond donors (Lipinski definition) is 1. The molecule has 1 N–H and O–H groups in total. The quantitative estimate of drug-likeness (QED) is 0.900. The van der Waals surface area contributed by atoms with Crippen molar-refractivity contribution in [3.05, 3.63) is 35.9 Å². The number of thioether (sulfide) groups is 1. The largest absolute Gasteiger partial charge is 0.394 e. The maximum absolute atomic E-state index is 12.1. The average molecular weight is 293 g/mol. The van der Waals surface area contributed by atoms with Gasteiger partial charge in [0.15, 0.2) is 5.12 Å². The first-order chi connectivity index (χ1) is 9.61. The van der Waals surface area contributed by atoms with Crippen LogP contribution >= 0.6 is 11.8 Å². The number of aliphatic hydroxyl groups is 1. The molecule has 108 valence electrons. The highest BCUT2D eigenvalue weighted by atomic mass is 32.2. The number of rotatable bonds is 5. The molecule has 2 rings (SSSR count). The van der Waals surface area contributed by atoms with E-state index in [1.54, 1.807) is 11.8 Å². The van der Waals surface area contributed by atoms with Crippen molar-refractivity contribution in [1.82, 2.24) is 4.90 Å². The van der Waals surface area contributed by atoms with Crippen LogP contribution in [0, 0.1) is 5.92 Å². The highest BCUT2D eigenvalue weighted by molar-refractivity contribution is 8.13. The SMILES string of the molecule is CC(=O)SCC1CC(=O)N([C@@H](CO)c2ccccc2)C1. The number of benzene rings is 1. The Morgan fingerprint density at radius 3 is 2.75 bits per heavy atom. The van der Waals surface area contributed by atoms with Crippen LogP contribution in [-0.4, -0.2) is 39.9 Å². The number of hydrogen-bond acceptors (Lipinski definition) is 4. The second-order valence-electron chi connectivity index (χ2n) is 5.03. The van der Waals surface area contributed by atoms with E-state index >= 15 is 0 Å². The molecule has 1 aromatic rings. The van der Waals surface area contributed by atoms with Crippen LogP contribution in [0.3, 0.4) is 0 Å². The van der Waals surface area contributed by atoms with Crippen molar-refractivity contribution in [2.75, 3.05) is 18.9 Å². The van der Waals surface area contributed by atoms with Crippen molar-refractivity contribution in [3.8, 4) is 0 Å². The molecular formula is C15H19NO3S. The summed E-state index contributed by atoms with van der Waals surface area (Å²) in [6, 6.07) is 9.28. The summed E-state index contributed by atoms with van der Waals surface area (Å²) in [5.41, 5.74) is 0.947. The van der Waals surface area contributed by atoms with Crippen LogP contribution in [0.5, 0.6) is 0 Å². The number of carbonyl (C=O) groups excluding carboxylic acids is 2. The van der Waals surface area contributed by atoms with Crippen molar-refractivity contribution in [1.29, 1.82) is 0 Å². The van der Waals surface area contributed by atoms with Gasteiger partial charge in [-0.05, 0) is 11.5 Å². The Morgan fingerprint density at radius 2 is 2.15 bits per heavy atom. The number of likely N-dealkylation sites (tertiary alicyclic amines) is 1. The van der Waals surface area contributed by atoms with Crippen molar-refractivity contribution < 1.29 is 14.7 Å². The highest BCUT2D eigenvalue weighted by Crippen LogP contribution is 2.30. The molecule has 20 heavy (non-hydrogen) atoms. The molecule has 1 aromatic carbocycles. The first-order valence-corrected chi connectivity index (χ1v) is 7.69. The number of amides is 1. The van der Waals surface area contributed by atoms with Gasteiger partial charge in [0.2, 0.25) is 5.91 Å². The second kappa shape index (κ2) is 6.90. The van der Waals surface area contributed by atoms with Gasteiger partial charge >= 0.3 is 0 Å². The summed E-state index contributed by atoms with van der Waals surface area (Å²) in [6.07, 6.45) is 0.462.